The molecular formula is C18H23F3N2O2. The third kappa shape index (κ3) is 3.82. The van der Waals surface area contributed by atoms with E-state index in [1.165, 1.54) is 19.1 Å². The molecule has 1 atom stereocenters. The van der Waals surface area contributed by atoms with Gasteiger partial charge in [0.1, 0.15) is 0 Å². The molecule has 0 aromatic heterocycles. The van der Waals surface area contributed by atoms with Crippen molar-refractivity contribution in [2.24, 2.45) is 0 Å². The molecule has 2 saturated heterocycles. The van der Waals surface area contributed by atoms with Crippen LogP contribution >= 0.6 is 0 Å². The van der Waals surface area contributed by atoms with Crippen LogP contribution in [0.3, 0.4) is 0 Å². The average Bonchev–Trinajstić information content (AvgIpc) is 2.53. The number of aryl methyl sites for hydroxylation is 1. The molecule has 4 nitrogen and oxygen atoms in total. The van der Waals surface area contributed by atoms with Gasteiger partial charge in [-0.05, 0) is 51.1 Å². The number of rotatable bonds is 1. The van der Waals surface area contributed by atoms with Gasteiger partial charge in [0.25, 0.3) is 5.91 Å². The first-order valence-corrected chi connectivity index (χ1v) is 8.50. The second-order valence-electron chi connectivity index (χ2n) is 7.13. The molecule has 2 aliphatic heterocycles. The first-order valence-electron chi connectivity index (χ1n) is 8.50. The van der Waals surface area contributed by atoms with Gasteiger partial charge in [-0.25, -0.2) is 0 Å². The Labute approximate surface area is 145 Å². The second-order valence-corrected chi connectivity index (χ2v) is 7.13. The fourth-order valence-electron chi connectivity index (χ4n) is 3.83. The molecule has 2 aliphatic rings. The number of piperidine rings is 1. The standard InChI is InChI=1S/C18H23F3N2O2/c1-13-4-5-14(10-15(13)18(19,20)21)16(24)23-8-9-25-17(12-23)6-3-7-22(2)11-17/h4-5,10H,3,6-9,11-12H2,1-2H3. The Morgan fingerprint density at radius 3 is 2.68 bits per heavy atom. The Bertz CT molecular complexity index is 658. The number of carbonyl (C=O) groups excluding carboxylic acids is 1. The lowest BCUT2D eigenvalue weighted by atomic mass is 9.90. The van der Waals surface area contributed by atoms with Crippen molar-refractivity contribution in [3.63, 3.8) is 0 Å². The molecule has 3 rings (SSSR count). The lowest BCUT2D eigenvalue weighted by molar-refractivity contribution is -0.138. The highest BCUT2D eigenvalue weighted by Crippen LogP contribution is 2.33. The van der Waals surface area contributed by atoms with Crippen LogP contribution in [0, 0.1) is 6.92 Å². The van der Waals surface area contributed by atoms with Gasteiger partial charge in [0.2, 0.25) is 0 Å². The fourth-order valence-corrected chi connectivity index (χ4v) is 3.83. The lowest BCUT2D eigenvalue weighted by Crippen LogP contribution is -2.60. The van der Waals surface area contributed by atoms with Crippen LogP contribution in [0.5, 0.6) is 0 Å². The van der Waals surface area contributed by atoms with Crippen molar-refractivity contribution in [1.82, 2.24) is 9.80 Å². The number of nitrogens with zero attached hydrogens (tertiary/aromatic N) is 2. The minimum atomic E-state index is -4.46. The molecular weight excluding hydrogens is 333 g/mol. The van der Waals surface area contributed by atoms with E-state index in [0.29, 0.717) is 19.7 Å². The number of amides is 1. The van der Waals surface area contributed by atoms with Crippen molar-refractivity contribution >= 4 is 5.91 Å². The van der Waals surface area contributed by atoms with Crippen LogP contribution in [0.15, 0.2) is 18.2 Å². The summed E-state index contributed by atoms with van der Waals surface area (Å²) in [5.74, 6) is -0.360. The number of alkyl halides is 3. The Hall–Kier alpha value is -1.60. The maximum atomic E-state index is 13.1. The topological polar surface area (TPSA) is 32.8 Å². The molecule has 1 aromatic rings. The van der Waals surface area contributed by atoms with Crippen LogP contribution in [0.1, 0.15) is 34.3 Å². The van der Waals surface area contributed by atoms with E-state index in [9.17, 15) is 18.0 Å². The summed E-state index contributed by atoms with van der Waals surface area (Å²) in [4.78, 5) is 16.6. The molecule has 1 amide bonds. The monoisotopic (exact) mass is 356 g/mol. The molecule has 2 fully saturated rings. The Kier molecular flexibility index (Phi) is 4.81. The van der Waals surface area contributed by atoms with Crippen LogP contribution < -0.4 is 0 Å². The molecule has 2 heterocycles. The largest absolute Gasteiger partial charge is 0.416 e. The van der Waals surface area contributed by atoms with Crippen LogP contribution in [0.25, 0.3) is 0 Å². The number of hydrogen-bond acceptors (Lipinski definition) is 3. The summed E-state index contributed by atoms with van der Waals surface area (Å²) in [6.45, 7) is 4.37. The van der Waals surface area contributed by atoms with Crippen molar-refractivity contribution in [3.8, 4) is 0 Å². The van der Waals surface area contributed by atoms with Crippen LogP contribution in [-0.4, -0.2) is 61.1 Å². The normalized spacial score (nSPS) is 25.4. The molecule has 1 spiro atoms. The van der Waals surface area contributed by atoms with Gasteiger partial charge in [-0.15, -0.1) is 0 Å². The van der Waals surface area contributed by atoms with Crippen molar-refractivity contribution < 1.29 is 22.7 Å². The van der Waals surface area contributed by atoms with E-state index in [1.807, 2.05) is 7.05 Å². The van der Waals surface area contributed by atoms with Crippen LogP contribution in [-0.2, 0) is 10.9 Å². The molecule has 7 heteroatoms. The number of morpholine rings is 1. The number of benzene rings is 1. The fraction of sp³-hybridized carbons (Fsp3) is 0.611. The number of ether oxygens (including phenoxy) is 1. The van der Waals surface area contributed by atoms with Gasteiger partial charge in [-0.3, -0.25) is 4.79 Å². The summed E-state index contributed by atoms with van der Waals surface area (Å²) in [5.41, 5.74) is -0.951. The summed E-state index contributed by atoms with van der Waals surface area (Å²) in [6, 6.07) is 3.80. The molecule has 0 N–H and O–H groups in total. The highest BCUT2D eigenvalue weighted by Gasteiger charge is 2.41. The minimum absolute atomic E-state index is 0.0825. The number of hydrogen-bond donors (Lipinski definition) is 0. The zero-order valence-corrected chi connectivity index (χ0v) is 14.5. The SMILES string of the molecule is Cc1ccc(C(=O)N2CCOC3(CCCN(C)C3)C2)cc1C(F)(F)F. The van der Waals surface area contributed by atoms with Crippen LogP contribution in [0.2, 0.25) is 0 Å². The Morgan fingerprint density at radius 1 is 1.24 bits per heavy atom. The van der Waals surface area contributed by atoms with E-state index in [-0.39, 0.29) is 17.0 Å². The van der Waals surface area contributed by atoms with Gasteiger partial charge < -0.3 is 14.5 Å². The first-order chi connectivity index (χ1) is 11.7. The number of likely N-dealkylation sites (N-methyl/N-ethyl adjacent to an activating group) is 1. The predicted molar refractivity (Wildman–Crippen MR) is 87.5 cm³/mol. The number of halogens is 3. The smallest absolute Gasteiger partial charge is 0.370 e. The quantitative estimate of drug-likeness (QED) is 0.776. The van der Waals surface area contributed by atoms with Gasteiger partial charge in [-0.1, -0.05) is 6.07 Å². The maximum Gasteiger partial charge on any atom is 0.416 e. The van der Waals surface area contributed by atoms with Gasteiger partial charge in [0.05, 0.1) is 24.3 Å². The van der Waals surface area contributed by atoms with Crippen molar-refractivity contribution in [1.29, 1.82) is 0 Å². The van der Waals surface area contributed by atoms with Crippen molar-refractivity contribution in [3.05, 3.63) is 34.9 Å². The van der Waals surface area contributed by atoms with Crippen molar-refractivity contribution in [2.45, 2.75) is 31.5 Å². The van der Waals surface area contributed by atoms with Crippen LogP contribution in [0.4, 0.5) is 13.2 Å². The van der Waals surface area contributed by atoms with Gasteiger partial charge in [-0.2, -0.15) is 13.2 Å². The molecule has 0 saturated carbocycles. The van der Waals surface area contributed by atoms with Gasteiger partial charge >= 0.3 is 6.18 Å². The van der Waals surface area contributed by atoms with E-state index >= 15 is 0 Å². The van der Waals surface area contributed by atoms with E-state index in [0.717, 1.165) is 32.0 Å². The predicted octanol–water partition coefficient (Wildman–Crippen LogP) is 2.95. The average molecular weight is 356 g/mol. The van der Waals surface area contributed by atoms with Gasteiger partial charge in [0, 0.05) is 18.7 Å². The summed E-state index contributed by atoms with van der Waals surface area (Å²) >= 11 is 0. The molecule has 25 heavy (non-hydrogen) atoms. The lowest BCUT2D eigenvalue weighted by Gasteiger charge is -2.47. The van der Waals surface area contributed by atoms with E-state index < -0.39 is 17.3 Å². The van der Waals surface area contributed by atoms with E-state index in [2.05, 4.69) is 4.90 Å². The molecule has 0 aliphatic carbocycles. The number of likely N-dealkylation sites (tertiary alicyclic amines) is 1. The zero-order valence-electron chi connectivity index (χ0n) is 14.5. The minimum Gasteiger partial charge on any atom is -0.370 e. The molecule has 138 valence electrons. The summed E-state index contributed by atoms with van der Waals surface area (Å²) in [5, 5.41) is 0. The molecule has 1 unspecified atom stereocenters. The first kappa shape index (κ1) is 18.2. The van der Waals surface area contributed by atoms with Gasteiger partial charge in [0.15, 0.2) is 0 Å². The summed E-state index contributed by atoms with van der Waals surface area (Å²) in [6.07, 6.45) is -2.61. The highest BCUT2D eigenvalue weighted by atomic mass is 19.4. The number of carbonyl (C=O) groups is 1. The Morgan fingerprint density at radius 2 is 2.00 bits per heavy atom. The molecule has 0 radical (unpaired) electrons. The van der Waals surface area contributed by atoms with Crippen molar-refractivity contribution in [2.75, 3.05) is 39.8 Å². The summed E-state index contributed by atoms with van der Waals surface area (Å²) in [7, 11) is 2.01. The highest BCUT2D eigenvalue weighted by molar-refractivity contribution is 5.94. The Balaban J connectivity index is 1.81. The zero-order chi connectivity index (χ0) is 18.2. The second kappa shape index (κ2) is 6.61. The molecule has 1 aromatic carbocycles. The third-order valence-electron chi connectivity index (χ3n) is 5.06. The van der Waals surface area contributed by atoms with E-state index in [4.69, 9.17) is 4.74 Å². The maximum absolute atomic E-state index is 13.1. The third-order valence-corrected chi connectivity index (χ3v) is 5.06. The van der Waals surface area contributed by atoms with E-state index in [1.54, 1.807) is 4.90 Å². The summed E-state index contributed by atoms with van der Waals surface area (Å²) < 4.78 is 45.3. The molecule has 0 bridgehead atoms.